The van der Waals surface area contributed by atoms with Crippen LogP contribution in [-0.2, 0) is 4.79 Å². The van der Waals surface area contributed by atoms with Crippen molar-refractivity contribution in [2.75, 3.05) is 5.32 Å². The molecule has 0 aliphatic carbocycles. The predicted octanol–water partition coefficient (Wildman–Crippen LogP) is 0.152. The lowest BCUT2D eigenvalue weighted by atomic mass is 10.2. The number of hydrogen-bond donors (Lipinski definition) is 2. The molecule has 0 saturated carbocycles. The third-order valence-electron chi connectivity index (χ3n) is 1.59. The lowest BCUT2D eigenvalue weighted by Gasteiger charge is -2.08. The molecule has 1 rings (SSSR count). The van der Waals surface area contributed by atoms with E-state index in [1.54, 1.807) is 0 Å². The number of carbonyl (C=O) groups excluding carboxylic acids is 1. The Labute approximate surface area is 76.4 Å². The van der Waals surface area contributed by atoms with Crippen molar-refractivity contribution < 1.29 is 4.79 Å². The molecule has 0 aliphatic rings. The Kier molecular flexibility index (Phi) is 3.33. The number of aromatic nitrogens is 2. The van der Waals surface area contributed by atoms with Crippen molar-refractivity contribution in [1.29, 1.82) is 0 Å². The number of anilines is 1. The van der Waals surface area contributed by atoms with E-state index >= 15 is 0 Å². The van der Waals surface area contributed by atoms with Crippen LogP contribution in [0, 0.1) is 0 Å². The molecule has 0 saturated heterocycles. The first-order valence-corrected chi connectivity index (χ1v) is 4.06. The van der Waals surface area contributed by atoms with Crippen LogP contribution < -0.4 is 11.1 Å². The van der Waals surface area contributed by atoms with Gasteiger partial charge in [-0.3, -0.25) is 9.78 Å². The van der Waals surface area contributed by atoms with Crippen molar-refractivity contribution in [1.82, 2.24) is 9.97 Å². The Morgan fingerprint density at radius 3 is 3.00 bits per heavy atom. The molecule has 0 bridgehead atoms. The molecule has 1 heterocycles. The molecule has 3 N–H and O–H groups in total. The zero-order valence-corrected chi connectivity index (χ0v) is 7.40. The second-order valence-corrected chi connectivity index (χ2v) is 2.59. The monoisotopic (exact) mass is 180 g/mol. The number of rotatable bonds is 3. The van der Waals surface area contributed by atoms with Crippen LogP contribution in [0.4, 0.5) is 5.82 Å². The van der Waals surface area contributed by atoms with Gasteiger partial charge in [-0.05, 0) is 6.42 Å². The maximum Gasteiger partial charge on any atom is 0.242 e. The van der Waals surface area contributed by atoms with Crippen molar-refractivity contribution >= 4 is 11.7 Å². The Bertz CT molecular complexity index is 275. The van der Waals surface area contributed by atoms with Gasteiger partial charge >= 0.3 is 0 Å². The van der Waals surface area contributed by atoms with E-state index in [1.807, 2.05) is 6.92 Å². The van der Waals surface area contributed by atoms with Crippen LogP contribution in [0.5, 0.6) is 0 Å². The summed E-state index contributed by atoms with van der Waals surface area (Å²) in [6.07, 6.45) is 5.12. The van der Waals surface area contributed by atoms with E-state index in [1.165, 1.54) is 18.6 Å². The summed E-state index contributed by atoms with van der Waals surface area (Å²) < 4.78 is 0. The molecule has 0 spiro atoms. The van der Waals surface area contributed by atoms with Gasteiger partial charge in [0.25, 0.3) is 0 Å². The van der Waals surface area contributed by atoms with Crippen LogP contribution in [0.3, 0.4) is 0 Å². The maximum atomic E-state index is 11.2. The first kappa shape index (κ1) is 9.60. The maximum absolute atomic E-state index is 11.2. The van der Waals surface area contributed by atoms with Gasteiger partial charge in [0, 0.05) is 12.4 Å². The normalized spacial score (nSPS) is 12.2. The minimum Gasteiger partial charge on any atom is -0.320 e. The molecule has 1 atom stereocenters. The summed E-state index contributed by atoms with van der Waals surface area (Å²) in [4.78, 5) is 18.9. The van der Waals surface area contributed by atoms with Crippen LogP contribution in [0.2, 0.25) is 0 Å². The second kappa shape index (κ2) is 4.51. The molecule has 5 nitrogen and oxygen atoms in total. The highest BCUT2D eigenvalue weighted by Crippen LogP contribution is 1.98. The first-order chi connectivity index (χ1) is 6.24. The Hall–Kier alpha value is -1.49. The van der Waals surface area contributed by atoms with Crippen LogP contribution >= 0.6 is 0 Å². The van der Waals surface area contributed by atoms with E-state index < -0.39 is 6.04 Å². The number of carbonyl (C=O) groups is 1. The largest absolute Gasteiger partial charge is 0.320 e. The first-order valence-electron chi connectivity index (χ1n) is 4.06. The van der Waals surface area contributed by atoms with E-state index in [2.05, 4.69) is 15.3 Å². The van der Waals surface area contributed by atoms with Crippen molar-refractivity contribution in [2.24, 2.45) is 5.73 Å². The average molecular weight is 180 g/mol. The molecule has 0 radical (unpaired) electrons. The van der Waals surface area contributed by atoms with E-state index in [0.717, 1.165) is 0 Å². The van der Waals surface area contributed by atoms with Crippen LogP contribution in [0.25, 0.3) is 0 Å². The zero-order valence-electron chi connectivity index (χ0n) is 7.40. The van der Waals surface area contributed by atoms with E-state index in [0.29, 0.717) is 12.2 Å². The summed E-state index contributed by atoms with van der Waals surface area (Å²) in [6, 6.07) is -0.484. The average Bonchev–Trinajstić information content (AvgIpc) is 2.18. The lowest BCUT2D eigenvalue weighted by molar-refractivity contribution is -0.117. The fourth-order valence-corrected chi connectivity index (χ4v) is 0.768. The third-order valence-corrected chi connectivity index (χ3v) is 1.59. The number of amides is 1. The Morgan fingerprint density at radius 1 is 1.69 bits per heavy atom. The SMILES string of the molecule is CC[C@H](N)C(=O)Nc1cnccn1. The number of nitrogens with two attached hydrogens (primary N) is 1. The molecule has 1 amide bonds. The molecule has 1 aromatic rings. The Balaban J connectivity index is 2.55. The quantitative estimate of drug-likeness (QED) is 0.694. The van der Waals surface area contributed by atoms with Gasteiger partial charge in [0.15, 0.2) is 5.82 Å². The molecule has 0 fully saturated rings. The Morgan fingerprint density at radius 2 is 2.46 bits per heavy atom. The lowest BCUT2D eigenvalue weighted by Crippen LogP contribution is -2.35. The summed E-state index contributed by atoms with van der Waals surface area (Å²) in [7, 11) is 0. The van der Waals surface area contributed by atoms with E-state index in [4.69, 9.17) is 5.73 Å². The fraction of sp³-hybridized carbons (Fsp3) is 0.375. The van der Waals surface area contributed by atoms with Crippen molar-refractivity contribution in [3.05, 3.63) is 18.6 Å². The molecule has 0 aromatic carbocycles. The smallest absolute Gasteiger partial charge is 0.242 e. The summed E-state index contributed by atoms with van der Waals surface area (Å²) >= 11 is 0. The van der Waals surface area contributed by atoms with Gasteiger partial charge in [0.2, 0.25) is 5.91 Å². The predicted molar refractivity (Wildman–Crippen MR) is 48.9 cm³/mol. The molecule has 5 heteroatoms. The number of nitrogens with zero attached hydrogens (tertiary/aromatic N) is 2. The van der Waals surface area contributed by atoms with Crippen LogP contribution in [0.1, 0.15) is 13.3 Å². The van der Waals surface area contributed by atoms with E-state index in [-0.39, 0.29) is 5.91 Å². The second-order valence-electron chi connectivity index (χ2n) is 2.59. The molecule has 1 aromatic heterocycles. The minimum absolute atomic E-state index is 0.233. The van der Waals surface area contributed by atoms with Crippen LogP contribution in [-0.4, -0.2) is 21.9 Å². The van der Waals surface area contributed by atoms with Gasteiger partial charge in [0.1, 0.15) is 0 Å². The van der Waals surface area contributed by atoms with Gasteiger partial charge in [-0.1, -0.05) is 6.92 Å². The topological polar surface area (TPSA) is 80.9 Å². The van der Waals surface area contributed by atoms with Gasteiger partial charge in [-0.15, -0.1) is 0 Å². The summed E-state index contributed by atoms with van der Waals surface area (Å²) in [5, 5.41) is 2.56. The highest BCUT2D eigenvalue weighted by molar-refractivity contribution is 5.93. The van der Waals surface area contributed by atoms with Gasteiger partial charge in [-0.2, -0.15) is 0 Å². The van der Waals surface area contributed by atoms with Crippen molar-refractivity contribution in [3.8, 4) is 0 Å². The third kappa shape index (κ3) is 2.79. The molecule has 0 aliphatic heterocycles. The molecular weight excluding hydrogens is 168 g/mol. The standard InChI is InChI=1S/C8H12N4O/c1-2-6(9)8(13)12-7-5-10-3-4-11-7/h3-6H,2,9H2,1H3,(H,11,12,13)/t6-/m0/s1. The van der Waals surface area contributed by atoms with Gasteiger partial charge in [-0.25, -0.2) is 4.98 Å². The minimum atomic E-state index is -0.484. The van der Waals surface area contributed by atoms with Crippen molar-refractivity contribution in [3.63, 3.8) is 0 Å². The molecule has 70 valence electrons. The van der Waals surface area contributed by atoms with Crippen LogP contribution in [0.15, 0.2) is 18.6 Å². The summed E-state index contributed by atoms with van der Waals surface area (Å²) in [5.41, 5.74) is 5.50. The number of hydrogen-bond acceptors (Lipinski definition) is 4. The number of nitrogens with one attached hydrogen (secondary N) is 1. The van der Waals surface area contributed by atoms with Gasteiger partial charge in [0.05, 0.1) is 12.2 Å². The molecule has 13 heavy (non-hydrogen) atoms. The summed E-state index contributed by atoms with van der Waals surface area (Å²) in [6.45, 7) is 1.85. The van der Waals surface area contributed by atoms with Gasteiger partial charge < -0.3 is 11.1 Å². The highest BCUT2D eigenvalue weighted by atomic mass is 16.2. The zero-order chi connectivity index (χ0) is 9.68. The molecular formula is C8H12N4O. The molecule has 0 unspecified atom stereocenters. The van der Waals surface area contributed by atoms with E-state index in [9.17, 15) is 4.79 Å². The van der Waals surface area contributed by atoms with Crippen molar-refractivity contribution in [2.45, 2.75) is 19.4 Å². The fourth-order valence-electron chi connectivity index (χ4n) is 0.768. The highest BCUT2D eigenvalue weighted by Gasteiger charge is 2.10. The summed E-state index contributed by atoms with van der Waals surface area (Å²) in [5.74, 6) is 0.194.